The summed E-state index contributed by atoms with van der Waals surface area (Å²) in [4.78, 5) is 0. The molecular formula is C12H19NO4. The number of phenols is 1. The van der Waals surface area contributed by atoms with Crippen LogP contribution in [0.1, 0.15) is 6.42 Å². The number of nitrogens with two attached hydrogens (primary N) is 1. The maximum Gasteiger partial charge on any atom is 0.115 e. The molecule has 5 heteroatoms. The van der Waals surface area contributed by atoms with Gasteiger partial charge in [-0.2, -0.15) is 0 Å². The fraction of sp³-hybridized carbons (Fsp3) is 0.500. The molecule has 1 saturated heterocycles. The van der Waals surface area contributed by atoms with Crippen LogP contribution in [-0.2, 0) is 9.47 Å². The lowest BCUT2D eigenvalue weighted by Crippen LogP contribution is -2.33. The van der Waals surface area contributed by atoms with E-state index in [2.05, 4.69) is 0 Å². The van der Waals surface area contributed by atoms with Gasteiger partial charge in [-0.05, 0) is 24.3 Å². The molecule has 4 N–H and O–H groups in total. The third-order valence-electron chi connectivity index (χ3n) is 2.38. The van der Waals surface area contributed by atoms with Gasteiger partial charge in [0.2, 0.25) is 0 Å². The fourth-order valence-corrected chi connectivity index (χ4v) is 1.41. The molecular weight excluding hydrogens is 222 g/mol. The van der Waals surface area contributed by atoms with Crippen LogP contribution in [0.25, 0.3) is 0 Å². The molecule has 0 spiro atoms. The van der Waals surface area contributed by atoms with Crippen molar-refractivity contribution >= 4 is 5.69 Å². The molecule has 0 amide bonds. The Morgan fingerprint density at radius 3 is 2.35 bits per heavy atom. The first-order valence-electron chi connectivity index (χ1n) is 5.45. The largest absolute Gasteiger partial charge is 0.508 e. The van der Waals surface area contributed by atoms with Crippen molar-refractivity contribution < 1.29 is 19.7 Å². The number of aliphatic hydroxyl groups is 1. The Morgan fingerprint density at radius 1 is 1.29 bits per heavy atom. The molecule has 2 atom stereocenters. The number of phenolic OH excluding ortho intramolecular Hbond substituents is 1. The topological polar surface area (TPSA) is 84.9 Å². The SMILES string of the molecule is CO[C@@H]1COC[C@@H](O)C1.Nc1ccc(O)cc1. The van der Waals surface area contributed by atoms with Gasteiger partial charge in [0.1, 0.15) is 5.75 Å². The Labute approximate surface area is 101 Å². The first kappa shape index (κ1) is 13.8. The lowest BCUT2D eigenvalue weighted by molar-refractivity contribution is -0.0856. The summed E-state index contributed by atoms with van der Waals surface area (Å²) in [6.07, 6.45) is 0.466. The van der Waals surface area contributed by atoms with Crippen LogP contribution < -0.4 is 5.73 Å². The molecule has 1 aliphatic heterocycles. The van der Waals surface area contributed by atoms with Crippen molar-refractivity contribution in [3.63, 3.8) is 0 Å². The molecule has 0 saturated carbocycles. The molecule has 0 radical (unpaired) electrons. The second-order valence-corrected chi connectivity index (χ2v) is 3.88. The normalized spacial score (nSPS) is 23.6. The van der Waals surface area contributed by atoms with Crippen molar-refractivity contribution in [1.82, 2.24) is 0 Å². The number of benzene rings is 1. The first-order valence-corrected chi connectivity index (χ1v) is 5.45. The zero-order valence-electron chi connectivity index (χ0n) is 9.87. The summed E-state index contributed by atoms with van der Waals surface area (Å²) in [5, 5.41) is 17.7. The molecule has 0 aromatic heterocycles. The number of nitrogen functional groups attached to an aromatic ring is 1. The quantitative estimate of drug-likeness (QED) is 0.499. The standard InChI is InChI=1S/C6H7NO.C6H12O3/c7-5-1-3-6(8)4-2-5;1-8-6-2-5(7)3-9-4-6/h1-4,8H,7H2;5-7H,2-4H2,1H3/t;5-,6-/m.0/s1. The lowest BCUT2D eigenvalue weighted by atomic mass is 10.1. The second kappa shape index (κ2) is 7.11. The molecule has 1 heterocycles. The third kappa shape index (κ3) is 5.53. The van der Waals surface area contributed by atoms with E-state index >= 15 is 0 Å². The van der Waals surface area contributed by atoms with Gasteiger partial charge in [0, 0.05) is 19.2 Å². The van der Waals surface area contributed by atoms with Crippen LogP contribution in [-0.4, -0.2) is 42.7 Å². The summed E-state index contributed by atoms with van der Waals surface area (Å²) in [5.74, 6) is 0.249. The fourth-order valence-electron chi connectivity index (χ4n) is 1.41. The van der Waals surface area contributed by atoms with Crippen LogP contribution in [0.15, 0.2) is 24.3 Å². The van der Waals surface area contributed by atoms with Crippen molar-refractivity contribution in [2.75, 3.05) is 26.1 Å². The summed E-state index contributed by atoms with van der Waals surface area (Å²) in [5.41, 5.74) is 5.98. The molecule has 0 unspecified atom stereocenters. The lowest BCUT2D eigenvalue weighted by Gasteiger charge is -2.24. The van der Waals surface area contributed by atoms with E-state index in [4.69, 9.17) is 25.4 Å². The Hall–Kier alpha value is -1.30. The Morgan fingerprint density at radius 2 is 1.94 bits per heavy atom. The predicted octanol–water partition coefficient (Wildman–Crippen LogP) is 0.757. The number of ether oxygens (including phenoxy) is 2. The number of aliphatic hydroxyl groups excluding tert-OH is 1. The van der Waals surface area contributed by atoms with Gasteiger partial charge in [0.25, 0.3) is 0 Å². The molecule has 1 aliphatic rings. The summed E-state index contributed by atoms with van der Waals surface area (Å²) in [6.45, 7) is 1.08. The Bertz CT molecular complexity index is 294. The van der Waals surface area contributed by atoms with Gasteiger partial charge in [0.05, 0.1) is 25.4 Å². The van der Waals surface area contributed by atoms with Crippen molar-refractivity contribution in [2.45, 2.75) is 18.6 Å². The van der Waals surface area contributed by atoms with Gasteiger partial charge in [-0.25, -0.2) is 0 Å². The minimum Gasteiger partial charge on any atom is -0.508 e. The molecule has 2 rings (SSSR count). The number of aromatic hydroxyl groups is 1. The molecule has 0 bridgehead atoms. The van der Waals surface area contributed by atoms with Gasteiger partial charge in [0.15, 0.2) is 0 Å². The second-order valence-electron chi connectivity index (χ2n) is 3.88. The number of rotatable bonds is 1. The molecule has 1 aromatic rings. The van der Waals surface area contributed by atoms with Crippen molar-refractivity contribution in [3.05, 3.63) is 24.3 Å². The maximum absolute atomic E-state index is 9.01. The van der Waals surface area contributed by atoms with Crippen LogP contribution in [0.3, 0.4) is 0 Å². The van der Waals surface area contributed by atoms with Gasteiger partial charge in [-0.1, -0.05) is 0 Å². The van der Waals surface area contributed by atoms with E-state index in [1.807, 2.05) is 0 Å². The number of hydrogen-bond acceptors (Lipinski definition) is 5. The highest BCUT2D eigenvalue weighted by atomic mass is 16.5. The maximum atomic E-state index is 9.01. The highest BCUT2D eigenvalue weighted by Gasteiger charge is 2.19. The Kier molecular flexibility index (Phi) is 5.76. The van der Waals surface area contributed by atoms with E-state index in [0.717, 1.165) is 0 Å². The first-order chi connectivity index (χ1) is 8.11. The van der Waals surface area contributed by atoms with Crippen molar-refractivity contribution in [3.8, 4) is 5.75 Å². The van der Waals surface area contributed by atoms with E-state index in [-0.39, 0.29) is 18.0 Å². The van der Waals surface area contributed by atoms with Gasteiger partial charge in [-0.3, -0.25) is 0 Å². The van der Waals surface area contributed by atoms with Crippen LogP contribution in [0, 0.1) is 0 Å². The van der Waals surface area contributed by atoms with E-state index in [0.29, 0.717) is 25.3 Å². The van der Waals surface area contributed by atoms with Crippen molar-refractivity contribution in [1.29, 1.82) is 0 Å². The summed E-state index contributed by atoms with van der Waals surface area (Å²) >= 11 is 0. The van der Waals surface area contributed by atoms with Gasteiger partial charge < -0.3 is 25.4 Å². The molecule has 17 heavy (non-hydrogen) atoms. The summed E-state index contributed by atoms with van der Waals surface area (Å²) < 4.78 is 9.99. The zero-order chi connectivity index (χ0) is 12.7. The van der Waals surface area contributed by atoms with Crippen LogP contribution in [0.5, 0.6) is 5.75 Å². The summed E-state index contributed by atoms with van der Waals surface area (Å²) in [6, 6.07) is 6.40. The summed E-state index contributed by atoms with van der Waals surface area (Å²) in [7, 11) is 1.63. The number of methoxy groups -OCH3 is 1. The van der Waals surface area contributed by atoms with E-state index in [1.54, 1.807) is 31.4 Å². The molecule has 0 aliphatic carbocycles. The molecule has 96 valence electrons. The molecule has 1 aromatic carbocycles. The number of anilines is 1. The molecule has 5 nitrogen and oxygen atoms in total. The van der Waals surface area contributed by atoms with Crippen LogP contribution in [0.2, 0.25) is 0 Å². The minimum absolute atomic E-state index is 0.0914. The average Bonchev–Trinajstić information content (AvgIpc) is 2.34. The zero-order valence-corrected chi connectivity index (χ0v) is 9.87. The van der Waals surface area contributed by atoms with Gasteiger partial charge >= 0.3 is 0 Å². The van der Waals surface area contributed by atoms with Crippen LogP contribution in [0.4, 0.5) is 5.69 Å². The molecule has 1 fully saturated rings. The highest BCUT2D eigenvalue weighted by molar-refractivity contribution is 5.40. The minimum atomic E-state index is -0.330. The van der Waals surface area contributed by atoms with E-state index in [9.17, 15) is 0 Å². The Balaban J connectivity index is 0.000000171. The smallest absolute Gasteiger partial charge is 0.115 e. The highest BCUT2D eigenvalue weighted by Crippen LogP contribution is 2.09. The van der Waals surface area contributed by atoms with Gasteiger partial charge in [-0.15, -0.1) is 0 Å². The average molecular weight is 241 g/mol. The predicted molar refractivity (Wildman–Crippen MR) is 64.8 cm³/mol. The van der Waals surface area contributed by atoms with Crippen LogP contribution >= 0.6 is 0 Å². The van der Waals surface area contributed by atoms with E-state index < -0.39 is 0 Å². The van der Waals surface area contributed by atoms with Crippen molar-refractivity contribution in [2.24, 2.45) is 0 Å². The number of hydrogen-bond donors (Lipinski definition) is 3. The monoisotopic (exact) mass is 241 g/mol. The van der Waals surface area contributed by atoms with E-state index in [1.165, 1.54) is 0 Å². The third-order valence-corrected chi connectivity index (χ3v) is 2.38.